The van der Waals surface area contributed by atoms with Crippen LogP contribution in [0.25, 0.3) is 0 Å². The molecule has 1 aliphatic heterocycles. The van der Waals surface area contributed by atoms with E-state index in [0.29, 0.717) is 35.6 Å². The molecule has 1 heterocycles. The summed E-state index contributed by atoms with van der Waals surface area (Å²) in [6, 6.07) is 12.6. The molecule has 0 saturated carbocycles. The smallest absolute Gasteiger partial charge is 0.261 e. The minimum absolute atomic E-state index is 0.130. The molecule has 1 aliphatic rings. The van der Waals surface area contributed by atoms with Crippen molar-refractivity contribution < 1.29 is 23.9 Å². The van der Waals surface area contributed by atoms with Crippen molar-refractivity contribution in [2.24, 2.45) is 0 Å². The van der Waals surface area contributed by atoms with Crippen LogP contribution < -0.4 is 9.47 Å². The minimum atomic E-state index is -0.418. The first-order valence-electron chi connectivity index (χ1n) is 9.32. The largest absolute Gasteiger partial charge is 0.493 e. The van der Waals surface area contributed by atoms with Gasteiger partial charge in [-0.05, 0) is 35.7 Å². The second-order valence-corrected chi connectivity index (χ2v) is 6.87. The number of ether oxygens (including phenoxy) is 2. The Morgan fingerprint density at radius 3 is 2.52 bits per heavy atom. The molecule has 0 aliphatic carbocycles. The van der Waals surface area contributed by atoms with E-state index in [-0.39, 0.29) is 24.8 Å². The summed E-state index contributed by atoms with van der Waals surface area (Å²) in [5.41, 5.74) is 2.17. The van der Waals surface area contributed by atoms with Crippen molar-refractivity contribution in [2.75, 3.05) is 34.4 Å². The molecule has 0 atom stereocenters. The molecule has 0 fully saturated rings. The number of carbonyl (C=O) groups excluding carboxylic acids is 3. The fraction of sp³-hybridized carbons (Fsp3) is 0.318. The highest BCUT2D eigenvalue weighted by atomic mass is 16.5. The predicted octanol–water partition coefficient (Wildman–Crippen LogP) is 1.93. The number of hydrogen-bond donors (Lipinski definition) is 0. The molecule has 0 N–H and O–H groups in total. The summed E-state index contributed by atoms with van der Waals surface area (Å²) in [6.45, 7) is 0.190. The van der Waals surface area contributed by atoms with Gasteiger partial charge in [0.2, 0.25) is 11.8 Å². The minimum Gasteiger partial charge on any atom is -0.493 e. The van der Waals surface area contributed by atoms with Crippen LogP contribution in [-0.2, 0) is 22.4 Å². The van der Waals surface area contributed by atoms with E-state index in [4.69, 9.17) is 9.47 Å². The maximum absolute atomic E-state index is 12.6. The average molecular weight is 396 g/mol. The highest BCUT2D eigenvalue weighted by Gasteiger charge is 2.32. The van der Waals surface area contributed by atoms with Gasteiger partial charge in [-0.1, -0.05) is 24.3 Å². The van der Waals surface area contributed by atoms with E-state index in [1.54, 1.807) is 45.5 Å². The Balaban J connectivity index is 1.61. The summed E-state index contributed by atoms with van der Waals surface area (Å²) < 4.78 is 10.5. The number of benzene rings is 2. The van der Waals surface area contributed by atoms with Gasteiger partial charge in [-0.15, -0.1) is 0 Å². The van der Waals surface area contributed by atoms with E-state index in [1.807, 2.05) is 18.2 Å². The molecule has 7 heteroatoms. The maximum atomic E-state index is 12.6. The Labute approximate surface area is 169 Å². The maximum Gasteiger partial charge on any atom is 0.261 e. The third-order valence-electron chi connectivity index (χ3n) is 5.04. The number of imide groups is 1. The van der Waals surface area contributed by atoms with E-state index >= 15 is 0 Å². The normalized spacial score (nSPS) is 13.1. The van der Waals surface area contributed by atoms with Crippen molar-refractivity contribution in [1.29, 1.82) is 0 Å². The Morgan fingerprint density at radius 2 is 1.79 bits per heavy atom. The Kier molecular flexibility index (Phi) is 6.16. The van der Waals surface area contributed by atoms with Gasteiger partial charge in [-0.2, -0.15) is 0 Å². The zero-order valence-corrected chi connectivity index (χ0v) is 16.8. The first-order chi connectivity index (χ1) is 13.9. The number of hydrogen-bond acceptors (Lipinski definition) is 5. The molecule has 0 spiro atoms. The highest BCUT2D eigenvalue weighted by Crippen LogP contribution is 2.27. The van der Waals surface area contributed by atoms with Gasteiger partial charge in [0.05, 0.1) is 20.6 Å². The molecule has 3 amide bonds. The van der Waals surface area contributed by atoms with Gasteiger partial charge in [-0.25, -0.2) is 0 Å². The molecule has 152 valence electrons. The first-order valence-corrected chi connectivity index (χ1v) is 9.32. The van der Waals surface area contributed by atoms with Crippen LogP contribution >= 0.6 is 0 Å². The van der Waals surface area contributed by atoms with Crippen molar-refractivity contribution in [3.8, 4) is 11.5 Å². The van der Waals surface area contributed by atoms with Crippen LogP contribution in [0, 0.1) is 0 Å². The van der Waals surface area contributed by atoms with E-state index < -0.39 is 5.91 Å². The fourth-order valence-electron chi connectivity index (χ4n) is 3.27. The summed E-state index contributed by atoms with van der Waals surface area (Å²) in [5.74, 6) is 0.214. The third-order valence-corrected chi connectivity index (χ3v) is 5.04. The molecule has 29 heavy (non-hydrogen) atoms. The van der Waals surface area contributed by atoms with Crippen LogP contribution in [0.15, 0.2) is 42.5 Å². The zero-order chi connectivity index (χ0) is 21.0. The summed E-state index contributed by atoms with van der Waals surface area (Å²) in [7, 11) is 4.81. The van der Waals surface area contributed by atoms with Gasteiger partial charge < -0.3 is 14.4 Å². The Morgan fingerprint density at radius 1 is 1.07 bits per heavy atom. The fourth-order valence-corrected chi connectivity index (χ4v) is 3.27. The molecular weight excluding hydrogens is 372 g/mol. The number of likely N-dealkylation sites (N-methyl/N-ethyl adjacent to an activating group) is 1. The average Bonchev–Trinajstić information content (AvgIpc) is 2.74. The zero-order valence-electron chi connectivity index (χ0n) is 16.8. The molecule has 0 radical (unpaired) electrons. The number of fused-ring (bicyclic) bond motifs is 1. The lowest BCUT2D eigenvalue weighted by Crippen LogP contribution is -2.48. The number of methoxy groups -OCH3 is 2. The monoisotopic (exact) mass is 396 g/mol. The molecule has 0 unspecified atom stereocenters. The topological polar surface area (TPSA) is 76.2 Å². The molecule has 0 saturated heterocycles. The van der Waals surface area contributed by atoms with E-state index in [9.17, 15) is 14.4 Å². The Hall–Kier alpha value is -3.35. The summed E-state index contributed by atoms with van der Waals surface area (Å²) in [6.07, 6.45) is 0.734. The lowest BCUT2D eigenvalue weighted by Gasteiger charge is -2.28. The Bertz CT molecular complexity index is 941. The van der Waals surface area contributed by atoms with Crippen LogP contribution in [0.3, 0.4) is 0 Å². The van der Waals surface area contributed by atoms with Gasteiger partial charge >= 0.3 is 0 Å². The number of rotatable bonds is 7. The van der Waals surface area contributed by atoms with Gasteiger partial charge in [0.25, 0.3) is 5.91 Å². The second kappa shape index (κ2) is 8.77. The SMILES string of the molecule is COc1ccc(CCN(C)C(=O)CN2C(=O)Cc3ccccc3C2=O)cc1OC. The molecule has 3 rings (SSSR count). The number of amides is 3. The van der Waals surface area contributed by atoms with Gasteiger partial charge in [-0.3, -0.25) is 19.3 Å². The van der Waals surface area contributed by atoms with E-state index in [1.165, 1.54) is 4.90 Å². The van der Waals surface area contributed by atoms with Crippen LogP contribution in [0.1, 0.15) is 21.5 Å². The van der Waals surface area contributed by atoms with Crippen LogP contribution in [-0.4, -0.2) is 61.9 Å². The van der Waals surface area contributed by atoms with Crippen LogP contribution in [0.5, 0.6) is 11.5 Å². The second-order valence-electron chi connectivity index (χ2n) is 6.87. The molecule has 2 aromatic rings. The van der Waals surface area contributed by atoms with Gasteiger partial charge in [0.15, 0.2) is 11.5 Å². The van der Waals surface area contributed by atoms with Gasteiger partial charge in [0, 0.05) is 19.2 Å². The molecular formula is C22H24N2O5. The van der Waals surface area contributed by atoms with Crippen LogP contribution in [0.4, 0.5) is 0 Å². The quantitative estimate of drug-likeness (QED) is 0.669. The van der Waals surface area contributed by atoms with Crippen LogP contribution in [0.2, 0.25) is 0 Å². The first kappa shape index (κ1) is 20.4. The van der Waals surface area contributed by atoms with Crippen molar-refractivity contribution in [1.82, 2.24) is 9.80 Å². The lowest BCUT2D eigenvalue weighted by atomic mass is 9.98. The number of nitrogens with zero attached hydrogens (tertiary/aromatic N) is 2. The third kappa shape index (κ3) is 4.39. The summed E-state index contributed by atoms with van der Waals surface area (Å²) in [5, 5.41) is 0. The lowest BCUT2D eigenvalue weighted by molar-refractivity contribution is -0.137. The standard InChI is InChI=1S/C22H24N2O5/c1-23(11-10-15-8-9-18(28-2)19(12-15)29-3)21(26)14-24-20(25)13-16-6-4-5-7-17(16)22(24)27/h4-9,12H,10-11,13-14H2,1-3H3. The summed E-state index contributed by atoms with van der Waals surface area (Å²) >= 11 is 0. The van der Waals surface area contributed by atoms with E-state index in [0.717, 1.165) is 10.5 Å². The predicted molar refractivity (Wildman–Crippen MR) is 107 cm³/mol. The number of carbonyl (C=O) groups is 3. The molecule has 0 bridgehead atoms. The van der Waals surface area contributed by atoms with E-state index in [2.05, 4.69) is 0 Å². The van der Waals surface area contributed by atoms with Crippen molar-refractivity contribution in [2.45, 2.75) is 12.8 Å². The van der Waals surface area contributed by atoms with Crippen molar-refractivity contribution >= 4 is 17.7 Å². The molecule has 2 aromatic carbocycles. The molecule has 0 aromatic heterocycles. The van der Waals surface area contributed by atoms with Crippen molar-refractivity contribution in [3.63, 3.8) is 0 Å². The van der Waals surface area contributed by atoms with Gasteiger partial charge in [0.1, 0.15) is 6.54 Å². The summed E-state index contributed by atoms with van der Waals surface area (Å²) in [4.78, 5) is 40.1. The van der Waals surface area contributed by atoms with Crippen molar-refractivity contribution in [3.05, 3.63) is 59.2 Å². The highest BCUT2D eigenvalue weighted by molar-refractivity contribution is 6.11. The molecule has 7 nitrogen and oxygen atoms in total.